The maximum atomic E-state index is 15.1. The molecule has 4 aliphatic carbocycles. The van der Waals surface area contributed by atoms with E-state index in [-0.39, 0.29) is 24.5 Å². The van der Waals surface area contributed by atoms with Gasteiger partial charge in [0.05, 0.1) is 6.33 Å². The molecular formula is C29H29F5N2O2. The summed E-state index contributed by atoms with van der Waals surface area (Å²) in [6.07, 6.45) is 2.44. The second-order valence-electron chi connectivity index (χ2n) is 11.5. The summed E-state index contributed by atoms with van der Waals surface area (Å²) in [5.74, 6) is -6.36. The van der Waals surface area contributed by atoms with Gasteiger partial charge in [-0.25, -0.2) is 4.98 Å². The highest BCUT2D eigenvalue weighted by molar-refractivity contribution is 5.93. The molecule has 6 rings (SSSR count). The fourth-order valence-corrected chi connectivity index (χ4v) is 8.00. The van der Waals surface area contributed by atoms with Gasteiger partial charge in [0.2, 0.25) is 0 Å². The van der Waals surface area contributed by atoms with Crippen molar-refractivity contribution < 1.29 is 31.9 Å². The average molecular weight is 533 g/mol. The maximum Gasteiger partial charge on any atom is 0.456 e. The number of hydrogen-bond acceptors (Lipinski definition) is 3. The van der Waals surface area contributed by atoms with Crippen LogP contribution in [0.25, 0.3) is 5.69 Å². The average Bonchev–Trinajstić information content (AvgIpc) is 3.50. The third-order valence-electron chi connectivity index (χ3n) is 9.86. The van der Waals surface area contributed by atoms with Crippen LogP contribution in [0.15, 0.2) is 65.8 Å². The number of fused-ring (bicyclic) bond motifs is 4. The summed E-state index contributed by atoms with van der Waals surface area (Å²) in [5.41, 5.74) is -0.118. The molecule has 0 spiro atoms. The summed E-state index contributed by atoms with van der Waals surface area (Å²) >= 11 is 0. The number of halogens is 5. The number of carbonyl (C=O) groups excluding carboxylic acids is 1. The van der Waals surface area contributed by atoms with Gasteiger partial charge in [0.25, 0.3) is 0 Å². The van der Waals surface area contributed by atoms with Crippen LogP contribution < -0.4 is 0 Å². The van der Waals surface area contributed by atoms with Gasteiger partial charge < -0.3 is 9.67 Å². The lowest BCUT2D eigenvalue weighted by atomic mass is 9.50. The van der Waals surface area contributed by atoms with Crippen molar-refractivity contribution in [2.24, 2.45) is 17.3 Å². The Morgan fingerprint density at radius 2 is 1.79 bits per heavy atom. The van der Waals surface area contributed by atoms with Gasteiger partial charge in [0.15, 0.2) is 5.78 Å². The van der Waals surface area contributed by atoms with Crippen LogP contribution in [0.2, 0.25) is 0 Å². The molecule has 4 aliphatic rings. The molecule has 0 aliphatic heterocycles. The van der Waals surface area contributed by atoms with Crippen molar-refractivity contribution in [3.8, 4) is 5.69 Å². The van der Waals surface area contributed by atoms with Crippen molar-refractivity contribution in [2.75, 3.05) is 0 Å². The van der Waals surface area contributed by atoms with Gasteiger partial charge in [-0.1, -0.05) is 24.6 Å². The molecule has 1 heterocycles. The van der Waals surface area contributed by atoms with E-state index in [0.717, 1.165) is 28.0 Å². The first-order valence-electron chi connectivity index (χ1n) is 13.1. The highest BCUT2D eigenvalue weighted by Gasteiger charge is 2.79. The third-order valence-corrected chi connectivity index (χ3v) is 9.86. The topological polar surface area (TPSA) is 55.1 Å². The number of carbonyl (C=O) groups is 1. The second kappa shape index (κ2) is 8.34. The zero-order valence-electron chi connectivity index (χ0n) is 20.9. The second-order valence-corrected chi connectivity index (χ2v) is 11.5. The molecule has 4 nitrogen and oxygen atoms in total. The molecule has 1 N–H and O–H groups in total. The number of hydrogen-bond donors (Lipinski definition) is 1. The van der Waals surface area contributed by atoms with Crippen LogP contribution in [0, 0.1) is 17.3 Å². The Bertz CT molecular complexity index is 1330. The number of allylic oxidation sites excluding steroid dienone is 4. The van der Waals surface area contributed by atoms with Gasteiger partial charge in [-0.3, -0.25) is 4.79 Å². The van der Waals surface area contributed by atoms with Gasteiger partial charge in [-0.05, 0) is 85.3 Å². The van der Waals surface area contributed by atoms with Crippen molar-refractivity contribution in [3.63, 3.8) is 0 Å². The monoisotopic (exact) mass is 532 g/mol. The van der Waals surface area contributed by atoms with Crippen molar-refractivity contribution in [1.82, 2.24) is 9.55 Å². The normalized spacial score (nSPS) is 33.5. The quantitative estimate of drug-likeness (QED) is 0.448. The van der Waals surface area contributed by atoms with E-state index in [0.29, 0.717) is 25.7 Å². The van der Waals surface area contributed by atoms with Crippen molar-refractivity contribution in [3.05, 3.63) is 71.3 Å². The first-order valence-corrected chi connectivity index (χ1v) is 13.1. The predicted molar refractivity (Wildman–Crippen MR) is 130 cm³/mol. The van der Waals surface area contributed by atoms with Crippen molar-refractivity contribution >= 4 is 5.78 Å². The van der Waals surface area contributed by atoms with E-state index in [2.05, 4.69) is 4.98 Å². The molecule has 0 amide bonds. The summed E-state index contributed by atoms with van der Waals surface area (Å²) in [4.78, 5) is 16.2. The van der Waals surface area contributed by atoms with Gasteiger partial charge in [0, 0.05) is 35.8 Å². The molecule has 202 valence electrons. The summed E-state index contributed by atoms with van der Waals surface area (Å²) in [6, 6.07) is 7.52. The molecule has 2 saturated carbocycles. The largest absolute Gasteiger partial charge is 0.456 e. The number of rotatable bonds is 3. The van der Waals surface area contributed by atoms with E-state index in [1.165, 1.54) is 6.92 Å². The van der Waals surface area contributed by atoms with Gasteiger partial charge >= 0.3 is 12.1 Å². The standard InChI is InChI=1S/C29H29F5N2O2/c1-26-15-23(17-2-5-19(6-3-17)36-13-12-35-16-36)25-21-9-7-20(37)14-18(21)4-8-22(25)24(26)10-11-27(26,38)28(30,31)29(32,33)34/h2-3,5-6,12-14,16,22-24,38H,4,7-11,15H2,1H3/t22?,23-,24?,26+,27+/m1/s1. The van der Waals surface area contributed by atoms with Gasteiger partial charge in [0.1, 0.15) is 5.60 Å². The molecule has 0 radical (unpaired) electrons. The van der Waals surface area contributed by atoms with Gasteiger partial charge in [-0.2, -0.15) is 22.0 Å². The minimum atomic E-state index is -5.85. The molecule has 38 heavy (non-hydrogen) atoms. The van der Waals surface area contributed by atoms with E-state index >= 15 is 8.78 Å². The SMILES string of the molecule is C[C@]12C[C@H](c3ccc(-n4ccnc4)cc3)C3=C4CCC(=O)C=C4CCC3C1CC[C@@]2(O)C(F)(F)C(F)(F)F. The fourth-order valence-electron chi connectivity index (χ4n) is 8.00. The van der Waals surface area contributed by atoms with Crippen molar-refractivity contribution in [1.29, 1.82) is 0 Å². The Labute approximate surface area is 217 Å². The lowest BCUT2D eigenvalue weighted by Gasteiger charge is -2.56. The van der Waals surface area contributed by atoms with Crippen LogP contribution in [0.4, 0.5) is 22.0 Å². The zero-order valence-corrected chi connectivity index (χ0v) is 20.9. The molecule has 1 aromatic heterocycles. The molecule has 9 heteroatoms. The summed E-state index contributed by atoms with van der Waals surface area (Å²) in [7, 11) is 0. The van der Waals surface area contributed by atoms with Crippen LogP contribution in [-0.4, -0.2) is 38.1 Å². The minimum Gasteiger partial charge on any atom is -0.383 e. The molecule has 0 bridgehead atoms. The first kappa shape index (κ1) is 25.5. The van der Waals surface area contributed by atoms with E-state index < -0.39 is 41.4 Å². The van der Waals surface area contributed by atoms with Gasteiger partial charge in [-0.15, -0.1) is 0 Å². The number of alkyl halides is 5. The molecule has 2 aromatic rings. The number of imidazole rings is 1. The smallest absolute Gasteiger partial charge is 0.383 e. The Morgan fingerprint density at radius 1 is 1.05 bits per heavy atom. The Kier molecular flexibility index (Phi) is 5.59. The van der Waals surface area contributed by atoms with Crippen LogP contribution >= 0.6 is 0 Å². The number of benzene rings is 1. The van der Waals surface area contributed by atoms with Crippen molar-refractivity contribution in [2.45, 2.75) is 75.5 Å². The Morgan fingerprint density at radius 3 is 2.45 bits per heavy atom. The molecule has 0 saturated heterocycles. The lowest BCUT2D eigenvalue weighted by molar-refractivity contribution is -0.362. The van der Waals surface area contributed by atoms with E-state index in [4.69, 9.17) is 0 Å². The Hall–Kier alpha value is -2.81. The van der Waals surface area contributed by atoms with Crippen LogP contribution in [-0.2, 0) is 4.79 Å². The minimum absolute atomic E-state index is 0.0270. The van der Waals surface area contributed by atoms with E-state index in [1.807, 2.05) is 28.8 Å². The number of aliphatic hydroxyl groups is 1. The summed E-state index contributed by atoms with van der Waals surface area (Å²) in [5, 5.41) is 11.3. The van der Waals surface area contributed by atoms with E-state index in [1.54, 1.807) is 24.8 Å². The zero-order chi connectivity index (χ0) is 27.1. The molecule has 2 fully saturated rings. The maximum absolute atomic E-state index is 15.1. The molecular weight excluding hydrogens is 503 g/mol. The molecule has 5 atom stereocenters. The van der Waals surface area contributed by atoms with Crippen LogP contribution in [0.3, 0.4) is 0 Å². The van der Waals surface area contributed by atoms with E-state index in [9.17, 15) is 23.1 Å². The number of ketones is 1. The fraction of sp³-hybridized carbons (Fsp3) is 0.517. The van der Waals surface area contributed by atoms with Crippen LogP contribution in [0.5, 0.6) is 0 Å². The summed E-state index contributed by atoms with van der Waals surface area (Å²) < 4.78 is 73.0. The highest BCUT2D eigenvalue weighted by atomic mass is 19.4. The number of nitrogens with zero attached hydrogens (tertiary/aromatic N) is 2. The lowest BCUT2D eigenvalue weighted by Crippen LogP contribution is -2.65. The molecule has 1 aromatic carbocycles. The highest BCUT2D eigenvalue weighted by Crippen LogP contribution is 2.70. The first-order chi connectivity index (χ1) is 17.9. The Balaban J connectivity index is 1.50. The third kappa shape index (κ3) is 3.43. The summed E-state index contributed by atoms with van der Waals surface area (Å²) in [6.45, 7) is 1.44. The number of aromatic nitrogens is 2. The van der Waals surface area contributed by atoms with Crippen LogP contribution in [0.1, 0.15) is 63.4 Å². The molecule has 2 unspecified atom stereocenters. The predicted octanol–water partition coefficient (Wildman–Crippen LogP) is 6.70.